The number of hydrogen-bond donors (Lipinski definition) is 1. The van der Waals surface area contributed by atoms with E-state index in [9.17, 15) is 0 Å². The molecule has 1 fully saturated rings. The first-order valence-corrected chi connectivity index (χ1v) is 5.86. The lowest BCUT2D eigenvalue weighted by Gasteiger charge is -2.31. The van der Waals surface area contributed by atoms with Crippen LogP contribution in [0, 0.1) is 11.3 Å². The molecule has 0 aromatic rings. The Kier molecular flexibility index (Phi) is 4.90. The van der Waals surface area contributed by atoms with Crippen molar-refractivity contribution in [2.24, 2.45) is 11.3 Å². The number of ether oxygens (including phenoxy) is 1. The van der Waals surface area contributed by atoms with E-state index in [2.05, 4.69) is 19.2 Å². The molecule has 1 N–H and O–H groups in total. The molecule has 0 saturated carbocycles. The van der Waals surface area contributed by atoms with Gasteiger partial charge in [-0.25, -0.2) is 0 Å². The van der Waals surface area contributed by atoms with Crippen molar-refractivity contribution < 1.29 is 4.74 Å². The first-order chi connectivity index (χ1) is 6.64. The van der Waals surface area contributed by atoms with Crippen LogP contribution in [-0.4, -0.2) is 26.8 Å². The van der Waals surface area contributed by atoms with Gasteiger partial charge in [0.05, 0.1) is 0 Å². The van der Waals surface area contributed by atoms with Crippen LogP contribution in [0.1, 0.15) is 39.5 Å². The van der Waals surface area contributed by atoms with E-state index < -0.39 is 0 Å². The van der Waals surface area contributed by atoms with Gasteiger partial charge >= 0.3 is 0 Å². The van der Waals surface area contributed by atoms with Crippen LogP contribution in [0.25, 0.3) is 0 Å². The van der Waals surface area contributed by atoms with E-state index in [1.807, 2.05) is 7.05 Å². The van der Waals surface area contributed by atoms with Gasteiger partial charge in [0.1, 0.15) is 0 Å². The minimum atomic E-state index is 0.491. The van der Waals surface area contributed by atoms with Gasteiger partial charge in [-0.05, 0) is 50.6 Å². The molecule has 1 rings (SSSR count). The maximum atomic E-state index is 5.38. The van der Waals surface area contributed by atoms with Crippen molar-refractivity contribution >= 4 is 0 Å². The van der Waals surface area contributed by atoms with Gasteiger partial charge in [-0.1, -0.05) is 13.8 Å². The monoisotopic (exact) mass is 199 g/mol. The molecule has 0 aromatic heterocycles. The van der Waals surface area contributed by atoms with Crippen LogP contribution < -0.4 is 5.32 Å². The summed E-state index contributed by atoms with van der Waals surface area (Å²) in [7, 11) is 2.03. The summed E-state index contributed by atoms with van der Waals surface area (Å²) in [6, 6.07) is 0. The standard InChI is InChI=1S/C12H25NO/c1-12(2,6-7-13-3)10-11-4-8-14-9-5-11/h11,13H,4-10H2,1-3H3. The van der Waals surface area contributed by atoms with Gasteiger partial charge in [-0.2, -0.15) is 0 Å². The lowest BCUT2D eigenvalue weighted by Crippen LogP contribution is -2.25. The fourth-order valence-corrected chi connectivity index (χ4v) is 2.30. The van der Waals surface area contributed by atoms with Gasteiger partial charge in [0, 0.05) is 13.2 Å². The van der Waals surface area contributed by atoms with E-state index in [0.717, 1.165) is 25.7 Å². The lowest BCUT2D eigenvalue weighted by atomic mass is 9.77. The molecule has 0 bridgehead atoms. The third kappa shape index (κ3) is 4.43. The zero-order valence-electron chi connectivity index (χ0n) is 9.94. The Morgan fingerprint density at radius 1 is 1.29 bits per heavy atom. The molecule has 0 aliphatic carbocycles. The summed E-state index contributed by atoms with van der Waals surface area (Å²) in [5.41, 5.74) is 0.491. The maximum Gasteiger partial charge on any atom is 0.0468 e. The maximum absolute atomic E-state index is 5.38. The summed E-state index contributed by atoms with van der Waals surface area (Å²) in [5, 5.41) is 3.24. The summed E-state index contributed by atoms with van der Waals surface area (Å²) in [6.07, 6.45) is 5.17. The summed E-state index contributed by atoms with van der Waals surface area (Å²) < 4.78 is 5.38. The Hall–Kier alpha value is -0.0800. The number of rotatable bonds is 5. The SMILES string of the molecule is CNCCC(C)(C)CC1CCOCC1. The number of hydrogen-bond acceptors (Lipinski definition) is 2. The van der Waals surface area contributed by atoms with Gasteiger partial charge in [-0.15, -0.1) is 0 Å². The molecule has 1 heterocycles. The molecule has 0 amide bonds. The van der Waals surface area contributed by atoms with Crippen molar-refractivity contribution in [3.8, 4) is 0 Å². The number of nitrogens with one attached hydrogen (secondary N) is 1. The molecular formula is C12H25NO. The summed E-state index contributed by atoms with van der Waals surface area (Å²) in [4.78, 5) is 0. The highest BCUT2D eigenvalue weighted by Crippen LogP contribution is 2.33. The van der Waals surface area contributed by atoms with Gasteiger partial charge in [-0.3, -0.25) is 0 Å². The van der Waals surface area contributed by atoms with E-state index in [0.29, 0.717) is 5.41 Å². The van der Waals surface area contributed by atoms with Crippen LogP contribution in [0.4, 0.5) is 0 Å². The van der Waals surface area contributed by atoms with E-state index in [1.54, 1.807) is 0 Å². The summed E-state index contributed by atoms with van der Waals surface area (Å²) >= 11 is 0. The van der Waals surface area contributed by atoms with Gasteiger partial charge < -0.3 is 10.1 Å². The van der Waals surface area contributed by atoms with Crippen molar-refractivity contribution in [2.45, 2.75) is 39.5 Å². The largest absolute Gasteiger partial charge is 0.381 e. The molecule has 2 nitrogen and oxygen atoms in total. The highest BCUT2D eigenvalue weighted by atomic mass is 16.5. The first kappa shape index (κ1) is 12.0. The lowest BCUT2D eigenvalue weighted by molar-refractivity contribution is 0.0502. The van der Waals surface area contributed by atoms with Crippen LogP contribution in [-0.2, 0) is 4.74 Å². The molecule has 14 heavy (non-hydrogen) atoms. The average molecular weight is 199 g/mol. The summed E-state index contributed by atoms with van der Waals surface area (Å²) in [5.74, 6) is 0.899. The Morgan fingerprint density at radius 3 is 2.50 bits per heavy atom. The highest BCUT2D eigenvalue weighted by molar-refractivity contribution is 4.75. The molecular weight excluding hydrogens is 174 g/mol. The average Bonchev–Trinajstić information content (AvgIpc) is 2.16. The van der Waals surface area contributed by atoms with Crippen molar-refractivity contribution in [3.63, 3.8) is 0 Å². The third-order valence-electron chi connectivity index (χ3n) is 3.23. The summed E-state index contributed by atoms with van der Waals surface area (Å²) in [6.45, 7) is 7.87. The molecule has 0 aromatic carbocycles. The molecule has 84 valence electrons. The van der Waals surface area contributed by atoms with Crippen molar-refractivity contribution in [3.05, 3.63) is 0 Å². The predicted octanol–water partition coefficient (Wildman–Crippen LogP) is 2.44. The van der Waals surface area contributed by atoms with E-state index in [-0.39, 0.29) is 0 Å². The Labute approximate surface area is 88.4 Å². The van der Waals surface area contributed by atoms with Crippen LogP contribution >= 0.6 is 0 Å². The normalized spacial score (nSPS) is 19.9. The van der Waals surface area contributed by atoms with Crippen LogP contribution in [0.3, 0.4) is 0 Å². The van der Waals surface area contributed by atoms with E-state index in [4.69, 9.17) is 4.74 Å². The van der Waals surface area contributed by atoms with E-state index >= 15 is 0 Å². The smallest absolute Gasteiger partial charge is 0.0468 e. The quantitative estimate of drug-likeness (QED) is 0.734. The molecule has 1 saturated heterocycles. The fraction of sp³-hybridized carbons (Fsp3) is 1.00. The van der Waals surface area contributed by atoms with Gasteiger partial charge in [0.25, 0.3) is 0 Å². The second-order valence-electron chi connectivity index (χ2n) is 5.28. The second-order valence-corrected chi connectivity index (χ2v) is 5.28. The Balaban J connectivity index is 2.25. The molecule has 1 aliphatic heterocycles. The van der Waals surface area contributed by atoms with Crippen LogP contribution in [0.5, 0.6) is 0 Å². The van der Waals surface area contributed by atoms with Gasteiger partial charge in [0.15, 0.2) is 0 Å². The van der Waals surface area contributed by atoms with Crippen molar-refractivity contribution in [2.75, 3.05) is 26.8 Å². The zero-order chi connectivity index (χ0) is 10.4. The van der Waals surface area contributed by atoms with Crippen LogP contribution in [0.15, 0.2) is 0 Å². The van der Waals surface area contributed by atoms with Gasteiger partial charge in [0.2, 0.25) is 0 Å². The van der Waals surface area contributed by atoms with Crippen molar-refractivity contribution in [1.29, 1.82) is 0 Å². The zero-order valence-corrected chi connectivity index (χ0v) is 9.94. The Bertz CT molecular complexity index is 150. The topological polar surface area (TPSA) is 21.3 Å². The molecule has 2 heteroatoms. The third-order valence-corrected chi connectivity index (χ3v) is 3.23. The predicted molar refractivity (Wildman–Crippen MR) is 60.5 cm³/mol. The minimum absolute atomic E-state index is 0.491. The highest BCUT2D eigenvalue weighted by Gasteiger charge is 2.24. The van der Waals surface area contributed by atoms with Crippen LogP contribution in [0.2, 0.25) is 0 Å². The fourth-order valence-electron chi connectivity index (χ4n) is 2.30. The molecule has 0 radical (unpaired) electrons. The van der Waals surface area contributed by atoms with E-state index in [1.165, 1.54) is 25.7 Å². The van der Waals surface area contributed by atoms with Crippen molar-refractivity contribution in [1.82, 2.24) is 5.32 Å². The Morgan fingerprint density at radius 2 is 1.93 bits per heavy atom. The molecule has 0 spiro atoms. The second kappa shape index (κ2) is 5.72. The molecule has 0 unspecified atom stereocenters. The first-order valence-electron chi connectivity index (χ1n) is 5.86. The molecule has 0 atom stereocenters. The molecule has 1 aliphatic rings. The minimum Gasteiger partial charge on any atom is -0.381 e.